The molecule has 21 heavy (non-hydrogen) atoms. The molecule has 0 radical (unpaired) electrons. The van der Waals surface area contributed by atoms with Crippen LogP contribution in [-0.2, 0) is 10.0 Å². The van der Waals surface area contributed by atoms with Gasteiger partial charge in [-0.15, -0.1) is 0 Å². The lowest BCUT2D eigenvalue weighted by Crippen LogP contribution is -2.12. The van der Waals surface area contributed by atoms with E-state index in [9.17, 15) is 8.42 Å². The number of anilines is 1. The van der Waals surface area contributed by atoms with Crippen molar-refractivity contribution in [1.82, 2.24) is 0 Å². The third-order valence-corrected chi connectivity index (χ3v) is 4.41. The van der Waals surface area contributed by atoms with Crippen molar-refractivity contribution in [3.05, 3.63) is 53.1 Å². The van der Waals surface area contributed by atoms with Crippen molar-refractivity contribution in [3.63, 3.8) is 0 Å². The van der Waals surface area contributed by atoms with Crippen LogP contribution in [0.4, 0.5) is 5.69 Å². The zero-order chi connectivity index (χ0) is 15.5. The molecule has 0 atom stereocenters. The summed E-state index contributed by atoms with van der Waals surface area (Å²) in [5.74, 6) is 0.372. The van der Waals surface area contributed by atoms with Crippen molar-refractivity contribution >= 4 is 27.3 Å². The van der Waals surface area contributed by atoms with Gasteiger partial charge in [-0.1, -0.05) is 11.6 Å². The van der Waals surface area contributed by atoms with Gasteiger partial charge in [0.25, 0.3) is 10.0 Å². The number of ether oxygens (including phenoxy) is 1. The van der Waals surface area contributed by atoms with E-state index in [1.54, 1.807) is 0 Å². The van der Waals surface area contributed by atoms with Gasteiger partial charge in [0.1, 0.15) is 5.75 Å². The summed E-state index contributed by atoms with van der Waals surface area (Å²) in [5.41, 5.74) is 0.725. The van der Waals surface area contributed by atoms with Crippen molar-refractivity contribution < 1.29 is 13.2 Å². The van der Waals surface area contributed by atoms with Crippen LogP contribution in [0.1, 0.15) is 5.56 Å². The van der Waals surface area contributed by atoms with Gasteiger partial charge in [-0.25, -0.2) is 8.42 Å². The van der Waals surface area contributed by atoms with E-state index in [0.717, 1.165) is 0 Å². The van der Waals surface area contributed by atoms with Crippen molar-refractivity contribution in [1.29, 1.82) is 5.26 Å². The highest BCUT2D eigenvalue weighted by Crippen LogP contribution is 2.28. The fourth-order valence-corrected chi connectivity index (χ4v) is 2.89. The lowest BCUT2D eigenvalue weighted by molar-refractivity contribution is 0.415. The van der Waals surface area contributed by atoms with Gasteiger partial charge < -0.3 is 4.74 Å². The molecule has 0 unspecified atom stereocenters. The van der Waals surface area contributed by atoms with E-state index >= 15 is 0 Å². The zero-order valence-corrected chi connectivity index (χ0v) is 12.6. The maximum Gasteiger partial charge on any atom is 0.261 e. The maximum absolute atomic E-state index is 12.2. The van der Waals surface area contributed by atoms with Crippen LogP contribution in [0, 0.1) is 11.3 Å². The Morgan fingerprint density at radius 3 is 2.43 bits per heavy atom. The molecule has 0 heterocycles. The highest BCUT2D eigenvalue weighted by Gasteiger charge is 2.15. The van der Waals surface area contributed by atoms with Crippen LogP contribution in [0.2, 0.25) is 5.02 Å². The predicted molar refractivity (Wildman–Crippen MR) is 80.0 cm³/mol. The third-order valence-electron chi connectivity index (χ3n) is 2.70. The molecule has 7 heteroatoms. The number of nitrogens with one attached hydrogen (secondary N) is 1. The smallest absolute Gasteiger partial charge is 0.261 e. The lowest BCUT2D eigenvalue weighted by atomic mass is 10.2. The Labute approximate surface area is 127 Å². The molecule has 2 aromatic carbocycles. The predicted octanol–water partition coefficient (Wildman–Crippen LogP) is 3.02. The van der Waals surface area contributed by atoms with E-state index in [1.807, 2.05) is 6.07 Å². The highest BCUT2D eigenvalue weighted by molar-refractivity contribution is 7.92. The summed E-state index contributed by atoms with van der Waals surface area (Å²) in [7, 11) is -2.29. The van der Waals surface area contributed by atoms with Gasteiger partial charge in [0.15, 0.2) is 0 Å². The average Bonchev–Trinajstić information content (AvgIpc) is 2.49. The monoisotopic (exact) mass is 322 g/mol. The van der Waals surface area contributed by atoms with E-state index in [0.29, 0.717) is 22.0 Å². The molecule has 0 aromatic heterocycles. The number of halogens is 1. The number of nitriles is 1. The van der Waals surface area contributed by atoms with Crippen LogP contribution in [0.25, 0.3) is 0 Å². The topological polar surface area (TPSA) is 79.2 Å². The van der Waals surface area contributed by atoms with Crippen LogP contribution >= 0.6 is 11.6 Å². The average molecular weight is 323 g/mol. The second-order valence-corrected chi connectivity index (χ2v) is 6.18. The Bertz CT molecular complexity index is 796. The van der Waals surface area contributed by atoms with E-state index < -0.39 is 10.0 Å². The minimum Gasteiger partial charge on any atom is -0.495 e. The van der Waals surface area contributed by atoms with E-state index in [2.05, 4.69) is 4.72 Å². The molecule has 0 saturated heterocycles. The van der Waals surface area contributed by atoms with Crippen LogP contribution in [0.5, 0.6) is 5.75 Å². The Morgan fingerprint density at radius 2 is 1.86 bits per heavy atom. The molecule has 0 amide bonds. The summed E-state index contributed by atoms with van der Waals surface area (Å²) in [4.78, 5) is 0.0652. The second kappa shape index (κ2) is 6.04. The fourth-order valence-electron chi connectivity index (χ4n) is 1.65. The van der Waals surface area contributed by atoms with E-state index in [4.69, 9.17) is 21.6 Å². The molecule has 0 spiro atoms. The number of benzene rings is 2. The molecule has 0 fully saturated rings. The molecule has 2 rings (SSSR count). The highest BCUT2D eigenvalue weighted by atomic mass is 35.5. The molecule has 0 bridgehead atoms. The molecular formula is C14H11ClN2O3S. The SMILES string of the molecule is COc1cc(NS(=O)(=O)c2ccc(C#N)cc2)ccc1Cl. The van der Waals surface area contributed by atoms with E-state index in [-0.39, 0.29) is 4.90 Å². The minimum absolute atomic E-state index is 0.0652. The van der Waals surface area contributed by atoms with Crippen molar-refractivity contribution in [2.75, 3.05) is 11.8 Å². The zero-order valence-electron chi connectivity index (χ0n) is 11.0. The van der Waals surface area contributed by atoms with Crippen molar-refractivity contribution in [3.8, 4) is 11.8 Å². The first kappa shape index (κ1) is 15.2. The maximum atomic E-state index is 12.2. The summed E-state index contributed by atoms with van der Waals surface area (Å²) in [5, 5.41) is 9.10. The van der Waals surface area contributed by atoms with Crippen LogP contribution < -0.4 is 9.46 Å². The summed E-state index contributed by atoms with van der Waals surface area (Å²) in [6.45, 7) is 0. The first-order valence-electron chi connectivity index (χ1n) is 5.83. The number of hydrogen-bond acceptors (Lipinski definition) is 4. The Hall–Kier alpha value is -2.23. The Kier molecular flexibility index (Phi) is 4.36. The summed E-state index contributed by atoms with van der Waals surface area (Å²) in [6.07, 6.45) is 0. The molecule has 0 saturated carbocycles. The molecule has 5 nitrogen and oxygen atoms in total. The van der Waals surface area contributed by atoms with Crippen molar-refractivity contribution in [2.45, 2.75) is 4.90 Å². The number of sulfonamides is 1. The normalized spacial score (nSPS) is 10.7. The second-order valence-electron chi connectivity index (χ2n) is 4.09. The third kappa shape index (κ3) is 3.45. The Balaban J connectivity index is 2.30. The minimum atomic E-state index is -3.73. The molecule has 108 valence electrons. The van der Waals surface area contributed by atoms with Gasteiger partial charge in [0.05, 0.1) is 34.3 Å². The lowest BCUT2D eigenvalue weighted by Gasteiger charge is -2.10. The van der Waals surface area contributed by atoms with Crippen LogP contribution in [0.15, 0.2) is 47.4 Å². The van der Waals surface area contributed by atoms with Gasteiger partial charge in [0.2, 0.25) is 0 Å². The molecule has 2 aromatic rings. The quantitative estimate of drug-likeness (QED) is 0.938. The molecule has 0 aliphatic rings. The molecule has 1 N–H and O–H groups in total. The number of hydrogen-bond donors (Lipinski definition) is 1. The first-order chi connectivity index (χ1) is 9.96. The number of nitrogens with zero attached hydrogens (tertiary/aromatic N) is 1. The number of rotatable bonds is 4. The standard InChI is InChI=1S/C14H11ClN2O3S/c1-20-14-8-11(4-7-13(14)15)17-21(18,19)12-5-2-10(9-16)3-6-12/h2-8,17H,1H3. The summed E-state index contributed by atoms with van der Waals surface area (Å²) >= 11 is 5.89. The molecular weight excluding hydrogens is 312 g/mol. The van der Waals surface area contributed by atoms with Gasteiger partial charge in [-0.2, -0.15) is 5.26 Å². The van der Waals surface area contributed by atoms with E-state index in [1.165, 1.54) is 49.6 Å². The Morgan fingerprint density at radius 1 is 1.19 bits per heavy atom. The van der Waals surface area contributed by atoms with Gasteiger partial charge >= 0.3 is 0 Å². The van der Waals surface area contributed by atoms with Gasteiger partial charge in [0, 0.05) is 6.07 Å². The molecule has 0 aliphatic heterocycles. The van der Waals surface area contributed by atoms with Crippen LogP contribution in [-0.4, -0.2) is 15.5 Å². The van der Waals surface area contributed by atoms with Gasteiger partial charge in [-0.3, -0.25) is 4.72 Å². The summed E-state index contributed by atoms with van der Waals surface area (Å²) < 4.78 is 31.9. The molecule has 0 aliphatic carbocycles. The summed E-state index contributed by atoms with van der Waals surface area (Å²) in [6, 6.07) is 12.1. The largest absolute Gasteiger partial charge is 0.495 e. The van der Waals surface area contributed by atoms with Crippen LogP contribution in [0.3, 0.4) is 0 Å². The number of methoxy groups -OCH3 is 1. The van der Waals surface area contributed by atoms with Gasteiger partial charge in [-0.05, 0) is 36.4 Å². The van der Waals surface area contributed by atoms with Crippen molar-refractivity contribution in [2.24, 2.45) is 0 Å². The first-order valence-corrected chi connectivity index (χ1v) is 7.69. The fraction of sp³-hybridized carbons (Fsp3) is 0.0714.